The Balaban J connectivity index is 2.55. The Hall–Kier alpha value is -1.19. The number of rotatable bonds is 3. The molecule has 0 spiro atoms. The Morgan fingerprint density at radius 1 is 1.58 bits per heavy atom. The summed E-state index contributed by atoms with van der Waals surface area (Å²) in [4.78, 5) is 14.8. The fraction of sp³-hybridized carbons (Fsp3) is 0.625. The van der Waals surface area contributed by atoms with Crippen LogP contribution in [0.3, 0.4) is 0 Å². The maximum Gasteiger partial charge on any atom is 0.221 e. The van der Waals surface area contributed by atoms with E-state index in [1.54, 1.807) is 0 Å². The van der Waals surface area contributed by atoms with Crippen LogP contribution in [-0.4, -0.2) is 35.5 Å². The molecule has 0 radical (unpaired) electrons. The van der Waals surface area contributed by atoms with Gasteiger partial charge in [-0.1, -0.05) is 0 Å². The first kappa shape index (κ1) is 8.90. The number of hydrogen-bond acceptors (Lipinski definition) is 3. The lowest BCUT2D eigenvalue weighted by molar-refractivity contribution is -0.119. The van der Waals surface area contributed by atoms with Gasteiger partial charge in [-0.05, 0) is 6.92 Å². The average Bonchev–Trinajstić information content (AvgIpc) is 2.32. The monoisotopic (exact) mass is 169 g/mol. The molecule has 1 aliphatic rings. The summed E-state index contributed by atoms with van der Waals surface area (Å²) < 4.78 is 0. The van der Waals surface area contributed by atoms with Gasteiger partial charge < -0.3 is 15.5 Å². The third kappa shape index (κ3) is 1.69. The van der Waals surface area contributed by atoms with Crippen LogP contribution in [0.4, 0.5) is 0 Å². The SMILES string of the molecule is CCN1C=CN(C)C1CC(N)=O. The van der Waals surface area contributed by atoms with Crippen molar-refractivity contribution in [3.05, 3.63) is 12.4 Å². The Kier molecular flexibility index (Phi) is 2.58. The van der Waals surface area contributed by atoms with Crippen LogP contribution in [0.2, 0.25) is 0 Å². The second-order valence-corrected chi connectivity index (χ2v) is 2.95. The molecular weight excluding hydrogens is 154 g/mol. The highest BCUT2D eigenvalue weighted by atomic mass is 16.1. The molecule has 0 aromatic carbocycles. The second-order valence-electron chi connectivity index (χ2n) is 2.95. The van der Waals surface area contributed by atoms with Gasteiger partial charge in [0, 0.05) is 26.0 Å². The predicted molar refractivity (Wildman–Crippen MR) is 46.9 cm³/mol. The molecule has 0 fully saturated rings. The molecule has 1 unspecified atom stereocenters. The molecule has 0 aromatic heterocycles. The van der Waals surface area contributed by atoms with Gasteiger partial charge in [-0.25, -0.2) is 0 Å². The maximum absolute atomic E-state index is 10.7. The zero-order valence-corrected chi connectivity index (χ0v) is 7.53. The molecule has 0 bridgehead atoms. The lowest BCUT2D eigenvalue weighted by Gasteiger charge is -2.28. The largest absolute Gasteiger partial charge is 0.370 e. The minimum absolute atomic E-state index is 0.118. The highest BCUT2D eigenvalue weighted by Gasteiger charge is 2.23. The Morgan fingerprint density at radius 3 is 2.75 bits per heavy atom. The molecule has 0 aromatic rings. The van der Waals surface area contributed by atoms with Crippen LogP contribution in [0.25, 0.3) is 0 Å². The minimum atomic E-state index is -0.256. The number of amides is 1. The molecule has 68 valence electrons. The van der Waals surface area contributed by atoms with E-state index in [1.807, 2.05) is 24.3 Å². The van der Waals surface area contributed by atoms with Gasteiger partial charge in [0.15, 0.2) is 0 Å². The van der Waals surface area contributed by atoms with Crippen molar-refractivity contribution < 1.29 is 4.79 Å². The van der Waals surface area contributed by atoms with Crippen molar-refractivity contribution in [1.29, 1.82) is 0 Å². The lowest BCUT2D eigenvalue weighted by Crippen LogP contribution is -2.39. The Labute approximate surface area is 72.6 Å². The molecule has 0 saturated heterocycles. The topological polar surface area (TPSA) is 49.6 Å². The first-order chi connectivity index (χ1) is 5.65. The highest BCUT2D eigenvalue weighted by molar-refractivity contribution is 5.74. The third-order valence-corrected chi connectivity index (χ3v) is 2.10. The molecule has 1 atom stereocenters. The van der Waals surface area contributed by atoms with Crippen molar-refractivity contribution in [2.24, 2.45) is 5.73 Å². The van der Waals surface area contributed by atoms with Crippen LogP contribution in [0, 0.1) is 0 Å². The molecule has 4 nitrogen and oxygen atoms in total. The van der Waals surface area contributed by atoms with Crippen LogP contribution in [0.15, 0.2) is 12.4 Å². The van der Waals surface area contributed by atoms with E-state index >= 15 is 0 Å². The quantitative estimate of drug-likeness (QED) is 0.643. The summed E-state index contributed by atoms with van der Waals surface area (Å²) in [6.07, 6.45) is 4.44. The number of nitrogens with two attached hydrogens (primary N) is 1. The summed E-state index contributed by atoms with van der Waals surface area (Å²) in [5.41, 5.74) is 5.13. The van der Waals surface area contributed by atoms with Crippen molar-refractivity contribution in [3.8, 4) is 0 Å². The summed E-state index contributed by atoms with van der Waals surface area (Å²) >= 11 is 0. The first-order valence-electron chi connectivity index (χ1n) is 4.09. The lowest BCUT2D eigenvalue weighted by atomic mass is 10.3. The molecule has 1 heterocycles. The maximum atomic E-state index is 10.7. The molecule has 0 saturated carbocycles. The van der Waals surface area contributed by atoms with Gasteiger partial charge in [0.2, 0.25) is 5.91 Å². The van der Waals surface area contributed by atoms with Gasteiger partial charge in [-0.2, -0.15) is 0 Å². The average molecular weight is 169 g/mol. The highest BCUT2D eigenvalue weighted by Crippen LogP contribution is 2.15. The van der Waals surface area contributed by atoms with Crippen LogP contribution >= 0.6 is 0 Å². The molecule has 1 rings (SSSR count). The second kappa shape index (κ2) is 3.47. The normalized spacial score (nSPS) is 22.0. The van der Waals surface area contributed by atoms with Gasteiger partial charge in [0.05, 0.1) is 6.42 Å². The van der Waals surface area contributed by atoms with E-state index in [1.165, 1.54) is 0 Å². The van der Waals surface area contributed by atoms with Gasteiger partial charge in [0.25, 0.3) is 0 Å². The fourth-order valence-corrected chi connectivity index (χ4v) is 1.38. The van der Waals surface area contributed by atoms with E-state index in [4.69, 9.17) is 5.73 Å². The Bertz CT molecular complexity index is 202. The van der Waals surface area contributed by atoms with Crippen molar-refractivity contribution >= 4 is 5.91 Å². The zero-order chi connectivity index (χ0) is 9.14. The van der Waals surface area contributed by atoms with E-state index in [2.05, 4.69) is 11.8 Å². The molecular formula is C8H15N3O. The molecule has 12 heavy (non-hydrogen) atoms. The van der Waals surface area contributed by atoms with Crippen LogP contribution in [0.5, 0.6) is 0 Å². The molecule has 1 amide bonds. The van der Waals surface area contributed by atoms with E-state index < -0.39 is 0 Å². The number of primary amides is 1. The van der Waals surface area contributed by atoms with Crippen LogP contribution in [0.1, 0.15) is 13.3 Å². The minimum Gasteiger partial charge on any atom is -0.370 e. The summed E-state index contributed by atoms with van der Waals surface area (Å²) in [5, 5.41) is 0. The van der Waals surface area contributed by atoms with Crippen molar-refractivity contribution in [3.63, 3.8) is 0 Å². The predicted octanol–water partition coefficient (Wildman–Crippen LogP) is -0.0736. The number of nitrogens with zero attached hydrogens (tertiary/aromatic N) is 2. The van der Waals surface area contributed by atoms with Crippen molar-refractivity contribution in [2.45, 2.75) is 19.5 Å². The zero-order valence-electron chi connectivity index (χ0n) is 7.53. The summed E-state index contributed by atoms with van der Waals surface area (Å²) in [6.45, 7) is 2.95. The van der Waals surface area contributed by atoms with Crippen molar-refractivity contribution in [1.82, 2.24) is 9.80 Å². The van der Waals surface area contributed by atoms with Gasteiger partial charge in [0.1, 0.15) is 6.17 Å². The molecule has 1 aliphatic heterocycles. The summed E-state index contributed by atoms with van der Waals surface area (Å²) in [7, 11) is 1.94. The number of hydrogen-bond donors (Lipinski definition) is 1. The first-order valence-corrected chi connectivity index (χ1v) is 4.09. The van der Waals surface area contributed by atoms with E-state index in [0.29, 0.717) is 6.42 Å². The number of carbonyl (C=O) groups excluding carboxylic acids is 1. The number of carbonyl (C=O) groups is 1. The summed E-state index contributed by atoms with van der Waals surface area (Å²) in [5.74, 6) is -0.256. The van der Waals surface area contributed by atoms with E-state index in [-0.39, 0.29) is 12.1 Å². The van der Waals surface area contributed by atoms with Crippen LogP contribution in [-0.2, 0) is 4.79 Å². The van der Waals surface area contributed by atoms with Gasteiger partial charge >= 0.3 is 0 Å². The third-order valence-electron chi connectivity index (χ3n) is 2.10. The Morgan fingerprint density at radius 2 is 2.25 bits per heavy atom. The van der Waals surface area contributed by atoms with E-state index in [9.17, 15) is 4.79 Å². The fourth-order valence-electron chi connectivity index (χ4n) is 1.38. The standard InChI is InChI=1S/C8H15N3O/c1-3-11-5-4-10(2)8(11)6-7(9)12/h4-5,8H,3,6H2,1-2H3,(H2,9,12). The molecule has 4 heteroatoms. The van der Waals surface area contributed by atoms with Gasteiger partial charge in [-0.15, -0.1) is 0 Å². The van der Waals surface area contributed by atoms with Crippen molar-refractivity contribution in [2.75, 3.05) is 13.6 Å². The smallest absolute Gasteiger partial charge is 0.221 e. The van der Waals surface area contributed by atoms with Crippen LogP contribution < -0.4 is 5.73 Å². The van der Waals surface area contributed by atoms with E-state index in [0.717, 1.165) is 6.54 Å². The van der Waals surface area contributed by atoms with Gasteiger partial charge in [-0.3, -0.25) is 4.79 Å². The summed E-state index contributed by atoms with van der Waals surface area (Å²) in [6, 6.07) is 0. The molecule has 2 N–H and O–H groups in total. The molecule has 0 aliphatic carbocycles.